The SMILES string of the molecule is COc1ccc(S(=O)(=O)NCc2ccncn2)cc1N. The summed E-state index contributed by atoms with van der Waals surface area (Å²) in [6.45, 7) is 0.0801. The van der Waals surface area contributed by atoms with Gasteiger partial charge in [-0.2, -0.15) is 0 Å². The molecule has 3 N–H and O–H groups in total. The average Bonchev–Trinajstić information content (AvgIpc) is 2.46. The van der Waals surface area contributed by atoms with Crippen LogP contribution >= 0.6 is 0 Å². The molecule has 0 aliphatic rings. The Morgan fingerprint density at radius 3 is 2.75 bits per heavy atom. The van der Waals surface area contributed by atoms with E-state index in [1.54, 1.807) is 12.3 Å². The Morgan fingerprint density at radius 1 is 1.35 bits per heavy atom. The zero-order valence-electron chi connectivity index (χ0n) is 10.8. The summed E-state index contributed by atoms with van der Waals surface area (Å²) in [6.07, 6.45) is 2.90. The van der Waals surface area contributed by atoms with Gasteiger partial charge in [0.2, 0.25) is 10.0 Å². The third kappa shape index (κ3) is 3.22. The predicted molar refractivity (Wildman–Crippen MR) is 73.5 cm³/mol. The third-order valence-corrected chi connectivity index (χ3v) is 4.00. The van der Waals surface area contributed by atoms with Gasteiger partial charge in [0.05, 0.1) is 29.9 Å². The van der Waals surface area contributed by atoms with Crippen molar-refractivity contribution in [3.8, 4) is 5.75 Å². The highest BCUT2D eigenvalue weighted by Crippen LogP contribution is 2.24. The first kappa shape index (κ1) is 14.2. The monoisotopic (exact) mass is 294 g/mol. The van der Waals surface area contributed by atoms with Crippen LogP contribution in [-0.4, -0.2) is 25.5 Å². The van der Waals surface area contributed by atoms with Crippen molar-refractivity contribution in [2.45, 2.75) is 11.4 Å². The van der Waals surface area contributed by atoms with Gasteiger partial charge in [0.1, 0.15) is 12.1 Å². The maximum atomic E-state index is 12.1. The summed E-state index contributed by atoms with van der Waals surface area (Å²) in [5.41, 5.74) is 6.53. The van der Waals surface area contributed by atoms with Crippen LogP contribution in [0.4, 0.5) is 5.69 Å². The van der Waals surface area contributed by atoms with E-state index >= 15 is 0 Å². The van der Waals surface area contributed by atoms with Crippen LogP contribution < -0.4 is 15.2 Å². The Kier molecular flexibility index (Phi) is 4.16. The highest BCUT2D eigenvalue weighted by molar-refractivity contribution is 7.89. The molecule has 106 valence electrons. The standard InChI is InChI=1S/C12H14N4O3S/c1-19-12-3-2-10(6-11(12)13)20(17,18)16-7-9-4-5-14-8-15-9/h2-6,8,16H,7,13H2,1H3. The van der Waals surface area contributed by atoms with Gasteiger partial charge in [0, 0.05) is 6.20 Å². The maximum Gasteiger partial charge on any atom is 0.241 e. The lowest BCUT2D eigenvalue weighted by atomic mass is 10.3. The highest BCUT2D eigenvalue weighted by Gasteiger charge is 2.15. The second-order valence-electron chi connectivity index (χ2n) is 3.93. The van der Waals surface area contributed by atoms with Gasteiger partial charge in [-0.05, 0) is 24.3 Å². The zero-order valence-corrected chi connectivity index (χ0v) is 11.6. The van der Waals surface area contributed by atoms with E-state index in [9.17, 15) is 8.42 Å². The number of nitrogens with one attached hydrogen (secondary N) is 1. The van der Waals surface area contributed by atoms with E-state index in [0.29, 0.717) is 11.4 Å². The summed E-state index contributed by atoms with van der Waals surface area (Å²) in [6, 6.07) is 5.91. The summed E-state index contributed by atoms with van der Waals surface area (Å²) in [7, 11) is -2.19. The van der Waals surface area contributed by atoms with Crippen LogP contribution in [0.3, 0.4) is 0 Å². The molecule has 0 unspecified atom stereocenters. The maximum absolute atomic E-state index is 12.1. The lowest BCUT2D eigenvalue weighted by molar-refractivity contribution is 0.416. The van der Waals surface area contributed by atoms with Gasteiger partial charge in [-0.1, -0.05) is 0 Å². The molecular formula is C12H14N4O3S. The number of sulfonamides is 1. The molecule has 20 heavy (non-hydrogen) atoms. The molecule has 2 aromatic rings. The second-order valence-corrected chi connectivity index (χ2v) is 5.70. The van der Waals surface area contributed by atoms with Crippen LogP contribution in [0.1, 0.15) is 5.69 Å². The fourth-order valence-corrected chi connectivity index (χ4v) is 2.59. The fourth-order valence-electron chi connectivity index (χ4n) is 1.55. The van der Waals surface area contributed by atoms with Gasteiger partial charge < -0.3 is 10.5 Å². The first-order valence-corrected chi connectivity index (χ1v) is 7.19. The van der Waals surface area contributed by atoms with Gasteiger partial charge >= 0.3 is 0 Å². The molecule has 1 heterocycles. The van der Waals surface area contributed by atoms with Crippen molar-refractivity contribution in [3.05, 3.63) is 42.5 Å². The Morgan fingerprint density at radius 2 is 2.15 bits per heavy atom. The van der Waals surface area contributed by atoms with Crippen molar-refractivity contribution in [1.82, 2.24) is 14.7 Å². The number of aromatic nitrogens is 2. The molecule has 1 aromatic carbocycles. The smallest absolute Gasteiger partial charge is 0.241 e. The van der Waals surface area contributed by atoms with Crippen LogP contribution in [0.2, 0.25) is 0 Å². The molecule has 0 aliphatic carbocycles. The zero-order chi connectivity index (χ0) is 14.6. The molecule has 2 rings (SSSR count). The number of hydrogen-bond acceptors (Lipinski definition) is 6. The van der Waals surface area contributed by atoms with E-state index < -0.39 is 10.0 Å². The number of nitrogen functional groups attached to an aromatic ring is 1. The molecule has 0 amide bonds. The lowest BCUT2D eigenvalue weighted by Crippen LogP contribution is -2.23. The highest BCUT2D eigenvalue weighted by atomic mass is 32.2. The Bertz CT molecular complexity index is 689. The topological polar surface area (TPSA) is 107 Å². The van der Waals surface area contributed by atoms with Crippen LogP contribution in [0.5, 0.6) is 5.75 Å². The first-order chi connectivity index (χ1) is 9.53. The number of methoxy groups -OCH3 is 1. The molecule has 0 radical (unpaired) electrons. The summed E-state index contributed by atoms with van der Waals surface area (Å²) in [4.78, 5) is 7.77. The molecule has 0 saturated carbocycles. The normalized spacial score (nSPS) is 11.2. The van der Waals surface area contributed by atoms with E-state index in [1.807, 2.05) is 0 Å². The van der Waals surface area contributed by atoms with Crippen molar-refractivity contribution in [3.63, 3.8) is 0 Å². The molecule has 0 spiro atoms. The number of anilines is 1. The number of ether oxygens (including phenoxy) is 1. The third-order valence-electron chi connectivity index (χ3n) is 2.60. The van der Waals surface area contributed by atoms with Crippen LogP contribution in [0.15, 0.2) is 41.7 Å². The molecular weight excluding hydrogens is 280 g/mol. The van der Waals surface area contributed by atoms with Crippen LogP contribution in [0.25, 0.3) is 0 Å². The molecule has 7 nitrogen and oxygen atoms in total. The number of nitrogens with zero attached hydrogens (tertiary/aromatic N) is 2. The summed E-state index contributed by atoms with van der Waals surface area (Å²) in [5.74, 6) is 0.430. The molecule has 8 heteroatoms. The van der Waals surface area contributed by atoms with Gasteiger partial charge in [-0.3, -0.25) is 0 Å². The van der Waals surface area contributed by atoms with Crippen molar-refractivity contribution >= 4 is 15.7 Å². The Hall–Kier alpha value is -2.19. The van der Waals surface area contributed by atoms with Gasteiger partial charge in [-0.15, -0.1) is 0 Å². The molecule has 0 bridgehead atoms. The van der Waals surface area contributed by atoms with E-state index in [2.05, 4.69) is 14.7 Å². The van der Waals surface area contributed by atoms with Crippen molar-refractivity contribution in [2.24, 2.45) is 0 Å². The van der Waals surface area contributed by atoms with E-state index in [4.69, 9.17) is 10.5 Å². The number of rotatable bonds is 5. The average molecular weight is 294 g/mol. The molecule has 0 aliphatic heterocycles. The minimum absolute atomic E-state index is 0.0739. The molecule has 0 saturated heterocycles. The summed E-state index contributed by atoms with van der Waals surface area (Å²) < 4.78 is 31.6. The van der Waals surface area contributed by atoms with E-state index in [-0.39, 0.29) is 17.1 Å². The minimum atomic E-state index is -3.65. The molecule has 0 atom stereocenters. The Labute approximate surface area is 116 Å². The van der Waals surface area contributed by atoms with Crippen LogP contribution in [-0.2, 0) is 16.6 Å². The Balaban J connectivity index is 2.16. The predicted octanol–water partition coefficient (Wildman–Crippen LogP) is 0.546. The van der Waals surface area contributed by atoms with Gasteiger partial charge in [0.15, 0.2) is 0 Å². The van der Waals surface area contributed by atoms with E-state index in [0.717, 1.165) is 0 Å². The van der Waals surface area contributed by atoms with Crippen molar-refractivity contribution in [2.75, 3.05) is 12.8 Å². The number of benzene rings is 1. The first-order valence-electron chi connectivity index (χ1n) is 5.71. The van der Waals surface area contributed by atoms with E-state index in [1.165, 1.54) is 31.6 Å². The number of nitrogens with two attached hydrogens (primary N) is 1. The van der Waals surface area contributed by atoms with Crippen molar-refractivity contribution in [1.29, 1.82) is 0 Å². The summed E-state index contributed by atoms with van der Waals surface area (Å²) >= 11 is 0. The largest absolute Gasteiger partial charge is 0.495 e. The minimum Gasteiger partial charge on any atom is -0.495 e. The van der Waals surface area contributed by atoms with Crippen molar-refractivity contribution < 1.29 is 13.2 Å². The fraction of sp³-hybridized carbons (Fsp3) is 0.167. The summed E-state index contributed by atoms with van der Waals surface area (Å²) in [5, 5.41) is 0. The van der Waals surface area contributed by atoms with Gasteiger partial charge in [-0.25, -0.2) is 23.1 Å². The number of hydrogen-bond donors (Lipinski definition) is 2. The second kappa shape index (κ2) is 5.85. The van der Waals surface area contributed by atoms with Gasteiger partial charge in [0.25, 0.3) is 0 Å². The molecule has 1 aromatic heterocycles. The molecule has 0 fully saturated rings. The quantitative estimate of drug-likeness (QED) is 0.780. The van der Waals surface area contributed by atoms with Crippen LogP contribution in [0, 0.1) is 0 Å². The lowest BCUT2D eigenvalue weighted by Gasteiger charge is -2.09.